The Bertz CT molecular complexity index is 726. The van der Waals surface area contributed by atoms with Gasteiger partial charge >= 0.3 is 12.1 Å². The Morgan fingerprint density at radius 3 is 2.29 bits per heavy atom. The number of amides is 1. The van der Waals surface area contributed by atoms with Gasteiger partial charge in [-0.3, -0.25) is 0 Å². The van der Waals surface area contributed by atoms with Crippen LogP contribution >= 0.6 is 15.9 Å². The first-order valence-corrected chi connectivity index (χ1v) is 8.36. The minimum atomic E-state index is -0.775. The van der Waals surface area contributed by atoms with Crippen molar-refractivity contribution in [3.05, 3.63) is 70.2 Å². The van der Waals surface area contributed by atoms with Crippen LogP contribution in [-0.2, 0) is 15.2 Å². The fraction of sp³-hybridized carbons (Fsp3) is 0.222. The summed E-state index contributed by atoms with van der Waals surface area (Å²) in [5.74, 6) is -0.709. The monoisotopic (exact) mass is 389 g/mol. The maximum absolute atomic E-state index is 11.7. The second-order valence-corrected chi connectivity index (χ2v) is 6.66. The van der Waals surface area contributed by atoms with E-state index in [4.69, 9.17) is 0 Å². The highest BCUT2D eigenvalue weighted by molar-refractivity contribution is 9.10. The summed E-state index contributed by atoms with van der Waals surface area (Å²) in [6.07, 6.45) is 1.22. The fourth-order valence-electron chi connectivity index (χ4n) is 2.49. The summed E-state index contributed by atoms with van der Waals surface area (Å²) >= 11 is 3.41. The second-order valence-electron chi connectivity index (χ2n) is 5.75. The number of nitrogens with one attached hydrogen (secondary N) is 1. The van der Waals surface area contributed by atoms with E-state index in [1.54, 1.807) is 30.3 Å². The number of hydrogen-bond donors (Lipinski definition) is 1. The van der Waals surface area contributed by atoms with E-state index in [1.165, 1.54) is 5.56 Å². The third-order valence-electron chi connectivity index (χ3n) is 4.08. The van der Waals surface area contributed by atoms with Gasteiger partial charge in [-0.15, -0.1) is 0 Å². The molecule has 0 heterocycles. The van der Waals surface area contributed by atoms with Gasteiger partial charge in [-0.05, 0) is 42.7 Å². The van der Waals surface area contributed by atoms with E-state index in [2.05, 4.69) is 31.0 Å². The van der Waals surface area contributed by atoms with Crippen molar-refractivity contribution in [2.75, 3.05) is 6.54 Å². The van der Waals surface area contributed by atoms with Crippen LogP contribution in [-0.4, -0.2) is 18.6 Å². The molecule has 0 aromatic heterocycles. The summed E-state index contributed by atoms with van der Waals surface area (Å²) in [5, 5.41) is 2.66. The van der Waals surface area contributed by atoms with Gasteiger partial charge in [0.25, 0.3) is 0 Å². The van der Waals surface area contributed by atoms with Crippen molar-refractivity contribution in [3.63, 3.8) is 0 Å². The zero-order chi connectivity index (χ0) is 17.0. The molecule has 0 spiro atoms. The quantitative estimate of drug-likeness (QED) is 0.634. The van der Waals surface area contributed by atoms with Crippen LogP contribution in [0.4, 0.5) is 4.79 Å². The van der Waals surface area contributed by atoms with Crippen molar-refractivity contribution in [2.45, 2.75) is 18.3 Å². The molecule has 0 bridgehead atoms. The number of hydrogen-bond acceptors (Lipinski definition) is 4. The lowest BCUT2D eigenvalue weighted by Gasteiger charge is -2.16. The second kappa shape index (κ2) is 7.05. The van der Waals surface area contributed by atoms with Gasteiger partial charge < -0.3 is 5.32 Å². The Morgan fingerprint density at radius 1 is 1.00 bits per heavy atom. The molecule has 2 aromatic rings. The smallest absolute Gasteiger partial charge is 0.318 e. The minimum absolute atomic E-state index is 0.0524. The standard InChI is InChI=1S/C18H16BrNO4/c19-15-8-6-14(7-9-15)18(10-11-18)12-20-17(22)24-23-16(21)13-4-2-1-3-5-13/h1-9H,10-12H2,(H,20,22). The molecule has 0 atom stereocenters. The molecule has 1 amide bonds. The maximum atomic E-state index is 11.7. The Labute approximate surface area is 148 Å². The average molecular weight is 390 g/mol. The van der Waals surface area contributed by atoms with Gasteiger partial charge in [0.05, 0.1) is 5.56 Å². The summed E-state index contributed by atoms with van der Waals surface area (Å²) in [6, 6.07) is 16.4. The normalized spacial score (nSPS) is 14.5. The summed E-state index contributed by atoms with van der Waals surface area (Å²) in [5.41, 5.74) is 1.44. The first-order chi connectivity index (χ1) is 11.6. The highest BCUT2D eigenvalue weighted by Crippen LogP contribution is 2.47. The largest absolute Gasteiger partial charge is 0.450 e. The van der Waals surface area contributed by atoms with Crippen molar-refractivity contribution < 1.29 is 19.4 Å². The van der Waals surface area contributed by atoms with Gasteiger partial charge in [0.15, 0.2) is 0 Å². The van der Waals surface area contributed by atoms with E-state index in [9.17, 15) is 9.59 Å². The minimum Gasteiger partial charge on any atom is -0.318 e. The molecule has 1 saturated carbocycles. The lowest BCUT2D eigenvalue weighted by molar-refractivity contribution is -0.183. The number of benzene rings is 2. The Balaban J connectivity index is 1.47. The molecule has 0 saturated heterocycles. The molecule has 1 aliphatic rings. The molecule has 5 nitrogen and oxygen atoms in total. The Hall–Kier alpha value is -2.34. The third kappa shape index (κ3) is 3.94. The van der Waals surface area contributed by atoms with Crippen LogP contribution in [0.1, 0.15) is 28.8 Å². The molecule has 2 aromatic carbocycles. The van der Waals surface area contributed by atoms with Crippen LogP contribution in [0.15, 0.2) is 59.1 Å². The topological polar surface area (TPSA) is 64.6 Å². The summed E-state index contributed by atoms with van der Waals surface area (Å²) in [7, 11) is 0. The molecule has 0 unspecified atom stereocenters. The molecular weight excluding hydrogens is 374 g/mol. The van der Waals surface area contributed by atoms with Gasteiger partial charge in [0, 0.05) is 16.4 Å². The third-order valence-corrected chi connectivity index (χ3v) is 4.61. The van der Waals surface area contributed by atoms with Crippen LogP contribution in [0.25, 0.3) is 0 Å². The predicted molar refractivity (Wildman–Crippen MR) is 91.4 cm³/mol. The predicted octanol–water partition coefficient (Wildman–Crippen LogP) is 3.98. The highest BCUT2D eigenvalue weighted by Gasteiger charge is 2.44. The van der Waals surface area contributed by atoms with Crippen molar-refractivity contribution in [3.8, 4) is 0 Å². The van der Waals surface area contributed by atoms with Gasteiger partial charge in [-0.25, -0.2) is 19.4 Å². The average Bonchev–Trinajstić information content (AvgIpc) is 3.40. The molecule has 3 rings (SSSR count). The molecule has 0 aliphatic heterocycles. The lowest BCUT2D eigenvalue weighted by Crippen LogP contribution is -2.33. The fourth-order valence-corrected chi connectivity index (χ4v) is 2.76. The van der Waals surface area contributed by atoms with E-state index < -0.39 is 12.1 Å². The van der Waals surface area contributed by atoms with Crippen LogP contribution in [0, 0.1) is 0 Å². The van der Waals surface area contributed by atoms with Crippen molar-refractivity contribution >= 4 is 28.0 Å². The number of rotatable bonds is 4. The first-order valence-electron chi connectivity index (χ1n) is 7.57. The molecule has 0 radical (unpaired) electrons. The van der Waals surface area contributed by atoms with Crippen molar-refractivity contribution in [2.24, 2.45) is 0 Å². The van der Waals surface area contributed by atoms with Crippen LogP contribution < -0.4 is 5.32 Å². The Morgan fingerprint density at radius 2 is 1.67 bits per heavy atom. The van der Waals surface area contributed by atoms with Gasteiger partial charge in [0.1, 0.15) is 0 Å². The van der Waals surface area contributed by atoms with Crippen LogP contribution in [0.5, 0.6) is 0 Å². The highest BCUT2D eigenvalue weighted by atomic mass is 79.9. The zero-order valence-electron chi connectivity index (χ0n) is 12.8. The van der Waals surface area contributed by atoms with Gasteiger partial charge in [-0.1, -0.05) is 46.3 Å². The lowest BCUT2D eigenvalue weighted by atomic mass is 9.96. The molecule has 24 heavy (non-hydrogen) atoms. The number of carbonyl (C=O) groups excluding carboxylic acids is 2. The Kier molecular flexibility index (Phi) is 4.85. The molecule has 1 N–H and O–H groups in total. The van der Waals surface area contributed by atoms with Crippen molar-refractivity contribution in [1.29, 1.82) is 0 Å². The summed E-state index contributed by atoms with van der Waals surface area (Å²) in [6.45, 7) is 0.441. The number of halogens is 1. The molecule has 1 fully saturated rings. The number of carbonyl (C=O) groups is 2. The van der Waals surface area contributed by atoms with E-state index >= 15 is 0 Å². The summed E-state index contributed by atoms with van der Waals surface area (Å²) in [4.78, 5) is 32.5. The maximum Gasteiger partial charge on any atom is 0.450 e. The van der Waals surface area contributed by atoms with Crippen LogP contribution in [0.3, 0.4) is 0 Å². The SMILES string of the molecule is O=C(NCC1(c2ccc(Br)cc2)CC1)OOC(=O)c1ccccc1. The van der Waals surface area contributed by atoms with Gasteiger partial charge in [-0.2, -0.15) is 0 Å². The first kappa shape index (κ1) is 16.5. The molecule has 6 heteroatoms. The molecule has 124 valence electrons. The van der Waals surface area contributed by atoms with Crippen molar-refractivity contribution in [1.82, 2.24) is 5.32 Å². The van der Waals surface area contributed by atoms with E-state index in [0.717, 1.165) is 17.3 Å². The van der Waals surface area contributed by atoms with Crippen LogP contribution in [0.2, 0.25) is 0 Å². The van der Waals surface area contributed by atoms with E-state index in [0.29, 0.717) is 12.1 Å². The summed E-state index contributed by atoms with van der Waals surface area (Å²) < 4.78 is 1.02. The van der Waals surface area contributed by atoms with Gasteiger partial charge in [0.2, 0.25) is 0 Å². The zero-order valence-corrected chi connectivity index (χ0v) is 14.4. The molecule has 1 aliphatic carbocycles. The molecular formula is C18H16BrNO4. The van der Waals surface area contributed by atoms with E-state index in [1.807, 2.05) is 24.3 Å². The van der Waals surface area contributed by atoms with E-state index in [-0.39, 0.29) is 5.41 Å².